The van der Waals surface area contributed by atoms with Crippen molar-refractivity contribution in [3.63, 3.8) is 0 Å². The Hall–Kier alpha value is -2.31. The molecule has 0 saturated carbocycles. The van der Waals surface area contributed by atoms with Crippen molar-refractivity contribution in [2.24, 2.45) is 5.92 Å². The Bertz CT molecular complexity index is 600. The molecule has 1 saturated heterocycles. The van der Waals surface area contributed by atoms with Crippen molar-refractivity contribution in [2.45, 2.75) is 45.5 Å². The van der Waals surface area contributed by atoms with Crippen LogP contribution in [0.1, 0.15) is 39.5 Å². The molecule has 148 valence electrons. The van der Waals surface area contributed by atoms with Crippen LogP contribution in [0.3, 0.4) is 0 Å². The van der Waals surface area contributed by atoms with E-state index in [0.29, 0.717) is 19.5 Å². The minimum absolute atomic E-state index is 0.00878. The Labute approximate surface area is 160 Å². The van der Waals surface area contributed by atoms with Gasteiger partial charge in [-0.05, 0) is 26.2 Å². The summed E-state index contributed by atoms with van der Waals surface area (Å²) < 4.78 is 5.18. The summed E-state index contributed by atoms with van der Waals surface area (Å²) in [4.78, 5) is 25.3. The first kappa shape index (κ1) is 22.7. The van der Waals surface area contributed by atoms with Crippen LogP contribution in [-0.2, 0) is 9.53 Å². The van der Waals surface area contributed by atoms with Gasteiger partial charge in [-0.2, -0.15) is 5.26 Å². The molecule has 27 heavy (non-hydrogen) atoms. The summed E-state index contributed by atoms with van der Waals surface area (Å²) in [5, 5.41) is 30.1. The molecule has 1 aliphatic heterocycles. The standard InChI is InChI=1S/C18H28BN3O5/c1-3-5-6-14(4-2)11-16(19(25)26)21-18(24)27-13-15-8-10-22(12-15)17(23)7-9-20/h4-6,15-16,25-26H,3,7-8,10-13H2,1-2H3,(H,21,24)/b6-5-,14-4+. The van der Waals surface area contributed by atoms with E-state index in [0.717, 1.165) is 12.0 Å². The summed E-state index contributed by atoms with van der Waals surface area (Å²) in [5.41, 5.74) is 0.873. The van der Waals surface area contributed by atoms with Crippen LogP contribution < -0.4 is 5.32 Å². The second-order valence-corrected chi connectivity index (χ2v) is 6.47. The van der Waals surface area contributed by atoms with Gasteiger partial charge in [-0.15, -0.1) is 0 Å². The Balaban J connectivity index is 2.46. The molecule has 3 N–H and O–H groups in total. The van der Waals surface area contributed by atoms with Crippen molar-refractivity contribution in [1.82, 2.24) is 10.2 Å². The quantitative estimate of drug-likeness (QED) is 0.409. The van der Waals surface area contributed by atoms with Gasteiger partial charge in [0.1, 0.15) is 6.42 Å². The lowest BCUT2D eigenvalue weighted by molar-refractivity contribution is -0.129. The molecule has 0 aromatic rings. The van der Waals surface area contributed by atoms with Crippen LogP contribution in [0, 0.1) is 17.2 Å². The van der Waals surface area contributed by atoms with Gasteiger partial charge in [-0.25, -0.2) is 4.79 Å². The molecule has 1 heterocycles. The van der Waals surface area contributed by atoms with Crippen LogP contribution in [0.5, 0.6) is 0 Å². The summed E-state index contributed by atoms with van der Waals surface area (Å²) in [5.74, 6) is -1.09. The number of allylic oxidation sites excluding steroid dienone is 3. The maximum absolute atomic E-state index is 12.0. The van der Waals surface area contributed by atoms with Crippen LogP contribution in [0.15, 0.2) is 23.8 Å². The minimum Gasteiger partial charge on any atom is -0.449 e. The fourth-order valence-corrected chi connectivity index (χ4v) is 2.80. The third-order valence-corrected chi connectivity index (χ3v) is 4.38. The number of amides is 2. The molecule has 2 unspecified atom stereocenters. The third kappa shape index (κ3) is 8.28. The first-order valence-electron chi connectivity index (χ1n) is 9.17. The molecule has 0 spiro atoms. The monoisotopic (exact) mass is 377 g/mol. The van der Waals surface area contributed by atoms with E-state index in [-0.39, 0.29) is 31.3 Å². The number of nitriles is 1. The fourth-order valence-electron chi connectivity index (χ4n) is 2.80. The van der Waals surface area contributed by atoms with Crippen LogP contribution in [0.2, 0.25) is 0 Å². The maximum Gasteiger partial charge on any atom is 0.475 e. The molecule has 8 nitrogen and oxygen atoms in total. The predicted molar refractivity (Wildman–Crippen MR) is 101 cm³/mol. The molecule has 0 aromatic heterocycles. The summed E-state index contributed by atoms with van der Waals surface area (Å²) in [6.07, 6.45) is 6.62. The van der Waals surface area contributed by atoms with Crippen LogP contribution in [0.4, 0.5) is 4.79 Å². The number of carbonyl (C=O) groups excluding carboxylic acids is 2. The zero-order valence-electron chi connectivity index (χ0n) is 15.9. The van der Waals surface area contributed by atoms with E-state index in [1.165, 1.54) is 0 Å². The Kier molecular flexibility index (Phi) is 10.2. The zero-order chi connectivity index (χ0) is 20.2. The molecule has 2 amide bonds. The average molecular weight is 377 g/mol. The Morgan fingerprint density at radius 2 is 2.22 bits per heavy atom. The van der Waals surface area contributed by atoms with E-state index >= 15 is 0 Å². The predicted octanol–water partition coefficient (Wildman–Crippen LogP) is 1.16. The number of likely N-dealkylation sites (tertiary alicyclic amines) is 1. The topological polar surface area (TPSA) is 123 Å². The minimum atomic E-state index is -1.71. The van der Waals surface area contributed by atoms with Gasteiger partial charge >= 0.3 is 13.2 Å². The van der Waals surface area contributed by atoms with E-state index in [4.69, 9.17) is 10.00 Å². The largest absolute Gasteiger partial charge is 0.475 e. The molecular weight excluding hydrogens is 349 g/mol. The first-order chi connectivity index (χ1) is 12.9. The summed E-state index contributed by atoms with van der Waals surface area (Å²) in [6, 6.07) is 1.83. The number of rotatable bonds is 9. The highest BCUT2D eigenvalue weighted by atomic mass is 16.5. The molecule has 0 bridgehead atoms. The molecule has 0 aromatic carbocycles. The number of nitrogens with zero attached hydrogens (tertiary/aromatic N) is 2. The van der Waals surface area contributed by atoms with Gasteiger partial charge in [-0.3, -0.25) is 4.79 Å². The molecule has 0 aliphatic carbocycles. The molecule has 2 atom stereocenters. The van der Waals surface area contributed by atoms with Crippen LogP contribution >= 0.6 is 0 Å². The lowest BCUT2D eigenvalue weighted by atomic mass is 9.76. The van der Waals surface area contributed by atoms with Gasteiger partial charge in [0.2, 0.25) is 5.91 Å². The van der Waals surface area contributed by atoms with Crippen LogP contribution in [-0.4, -0.2) is 59.7 Å². The smallest absolute Gasteiger partial charge is 0.449 e. The lowest BCUT2D eigenvalue weighted by Gasteiger charge is -2.19. The van der Waals surface area contributed by atoms with Crippen molar-refractivity contribution >= 4 is 19.1 Å². The number of hydrogen-bond acceptors (Lipinski definition) is 6. The van der Waals surface area contributed by atoms with Crippen molar-refractivity contribution < 1.29 is 24.4 Å². The molecule has 0 radical (unpaired) electrons. The van der Waals surface area contributed by atoms with Crippen molar-refractivity contribution in [3.05, 3.63) is 23.8 Å². The Morgan fingerprint density at radius 1 is 1.48 bits per heavy atom. The third-order valence-electron chi connectivity index (χ3n) is 4.38. The number of hydrogen-bond donors (Lipinski definition) is 3. The summed E-state index contributed by atoms with van der Waals surface area (Å²) in [6.45, 7) is 4.96. The second-order valence-electron chi connectivity index (χ2n) is 6.47. The SMILES string of the molecule is C/C=C(\C=C/CC)CC(NC(=O)OCC1CCN(C(=O)CC#N)C1)B(O)O. The van der Waals surface area contributed by atoms with Crippen molar-refractivity contribution in [3.8, 4) is 6.07 Å². The molecule has 9 heteroatoms. The van der Waals surface area contributed by atoms with Crippen molar-refractivity contribution in [1.29, 1.82) is 5.26 Å². The van der Waals surface area contributed by atoms with Gasteiger partial charge < -0.3 is 25.0 Å². The zero-order valence-corrected chi connectivity index (χ0v) is 15.9. The van der Waals surface area contributed by atoms with Gasteiger partial charge in [0.15, 0.2) is 0 Å². The van der Waals surface area contributed by atoms with Crippen LogP contribution in [0.25, 0.3) is 0 Å². The number of alkyl carbamates (subject to hydrolysis) is 1. The van der Waals surface area contributed by atoms with Crippen molar-refractivity contribution in [2.75, 3.05) is 19.7 Å². The number of carbonyl (C=O) groups is 2. The van der Waals surface area contributed by atoms with E-state index in [2.05, 4.69) is 5.32 Å². The number of nitrogens with one attached hydrogen (secondary N) is 1. The second kappa shape index (κ2) is 12.1. The summed E-state index contributed by atoms with van der Waals surface area (Å²) in [7, 11) is -1.71. The highest BCUT2D eigenvalue weighted by molar-refractivity contribution is 6.43. The van der Waals surface area contributed by atoms with E-state index < -0.39 is 19.2 Å². The van der Waals surface area contributed by atoms with E-state index in [9.17, 15) is 19.6 Å². The maximum atomic E-state index is 12.0. The fraction of sp³-hybridized carbons (Fsp3) is 0.611. The molecular formula is C18H28BN3O5. The first-order valence-corrected chi connectivity index (χ1v) is 9.17. The van der Waals surface area contributed by atoms with Gasteiger partial charge in [0.25, 0.3) is 0 Å². The normalized spacial score (nSPS) is 18.3. The Morgan fingerprint density at radius 3 is 2.81 bits per heavy atom. The van der Waals surface area contributed by atoms with Gasteiger partial charge in [-0.1, -0.05) is 30.7 Å². The van der Waals surface area contributed by atoms with E-state index in [1.807, 2.05) is 38.1 Å². The van der Waals surface area contributed by atoms with Gasteiger partial charge in [0, 0.05) is 19.0 Å². The lowest BCUT2D eigenvalue weighted by Crippen LogP contribution is -2.47. The summed E-state index contributed by atoms with van der Waals surface area (Å²) >= 11 is 0. The highest BCUT2D eigenvalue weighted by Gasteiger charge is 2.29. The molecule has 1 rings (SSSR count). The van der Waals surface area contributed by atoms with Gasteiger partial charge in [0.05, 0.1) is 18.6 Å². The highest BCUT2D eigenvalue weighted by Crippen LogP contribution is 2.17. The number of ether oxygens (including phenoxy) is 1. The molecule has 1 aliphatic rings. The van der Waals surface area contributed by atoms with E-state index in [1.54, 1.807) is 4.90 Å². The average Bonchev–Trinajstić information content (AvgIpc) is 3.11. The molecule has 1 fully saturated rings.